The van der Waals surface area contributed by atoms with Crippen LogP contribution in [0.1, 0.15) is 51.5 Å². The number of hydrogen-bond acceptors (Lipinski definition) is 5. The van der Waals surface area contributed by atoms with Gasteiger partial charge in [-0.3, -0.25) is 9.59 Å². The minimum Gasteiger partial charge on any atom is -0.366 e. The number of aliphatic hydroxyl groups is 2. The molecule has 2 heterocycles. The summed E-state index contributed by atoms with van der Waals surface area (Å²) < 4.78 is 38.8. The number of piperazine rings is 1. The molecule has 0 unspecified atom stereocenters. The van der Waals surface area contributed by atoms with Crippen molar-refractivity contribution in [3.63, 3.8) is 0 Å². The molecule has 1 spiro atoms. The summed E-state index contributed by atoms with van der Waals surface area (Å²) in [7, 11) is 0. The molecule has 2 saturated heterocycles. The van der Waals surface area contributed by atoms with Gasteiger partial charge in [-0.1, -0.05) is 18.5 Å². The molecular formula is C26H34ClF3N4O5. The maximum Gasteiger partial charge on any atom is 0.417 e. The van der Waals surface area contributed by atoms with Gasteiger partial charge in [0.1, 0.15) is 6.04 Å². The summed E-state index contributed by atoms with van der Waals surface area (Å²) in [5.41, 5.74) is -0.622. The molecule has 9 nitrogen and oxygen atoms in total. The second kappa shape index (κ2) is 11.1. The maximum absolute atomic E-state index is 13.2. The number of nitrogens with one attached hydrogen (secondary N) is 1. The second-order valence-electron chi connectivity index (χ2n) is 10.9. The summed E-state index contributed by atoms with van der Waals surface area (Å²) in [6.45, 7) is 5.03. The Bertz CT molecular complexity index is 1110. The van der Waals surface area contributed by atoms with Crippen LogP contribution in [-0.4, -0.2) is 87.3 Å². The van der Waals surface area contributed by atoms with Gasteiger partial charge >= 0.3 is 12.2 Å². The molecule has 3 fully saturated rings. The van der Waals surface area contributed by atoms with Gasteiger partial charge in [0, 0.05) is 38.3 Å². The molecule has 39 heavy (non-hydrogen) atoms. The van der Waals surface area contributed by atoms with Crippen LogP contribution in [0.15, 0.2) is 18.2 Å². The molecule has 3 atom stereocenters. The van der Waals surface area contributed by atoms with Gasteiger partial charge in [0.15, 0.2) is 6.29 Å². The van der Waals surface area contributed by atoms with E-state index in [0.29, 0.717) is 24.4 Å². The van der Waals surface area contributed by atoms with Gasteiger partial charge in [-0.05, 0) is 62.1 Å². The summed E-state index contributed by atoms with van der Waals surface area (Å²) in [6.07, 6.45) is -3.01. The lowest BCUT2D eigenvalue weighted by atomic mass is 9.83. The number of halogens is 4. The second-order valence-corrected chi connectivity index (χ2v) is 11.3. The van der Waals surface area contributed by atoms with Crippen molar-refractivity contribution in [3.8, 4) is 0 Å². The molecule has 1 aromatic rings. The van der Waals surface area contributed by atoms with Crippen molar-refractivity contribution >= 4 is 35.1 Å². The average molecular weight is 575 g/mol. The lowest BCUT2D eigenvalue weighted by molar-refractivity contribution is -0.158. The highest BCUT2D eigenvalue weighted by atomic mass is 35.5. The van der Waals surface area contributed by atoms with Crippen LogP contribution >= 0.6 is 11.6 Å². The number of anilines is 1. The molecule has 4 amide bonds. The summed E-state index contributed by atoms with van der Waals surface area (Å²) in [4.78, 5) is 43.2. The van der Waals surface area contributed by atoms with Gasteiger partial charge in [0.05, 0.1) is 16.6 Å². The van der Waals surface area contributed by atoms with Gasteiger partial charge in [-0.15, -0.1) is 0 Å². The van der Waals surface area contributed by atoms with Crippen LogP contribution in [0.2, 0.25) is 5.02 Å². The lowest BCUT2D eigenvalue weighted by Crippen LogP contribution is -2.62. The van der Waals surface area contributed by atoms with Crippen LogP contribution in [0, 0.1) is 11.3 Å². The maximum atomic E-state index is 13.2. The van der Waals surface area contributed by atoms with Crippen molar-refractivity contribution in [1.82, 2.24) is 14.7 Å². The molecule has 13 heteroatoms. The van der Waals surface area contributed by atoms with Crippen LogP contribution in [0.25, 0.3) is 0 Å². The highest BCUT2D eigenvalue weighted by molar-refractivity contribution is 6.31. The first-order chi connectivity index (χ1) is 18.2. The van der Waals surface area contributed by atoms with E-state index in [0.717, 1.165) is 24.6 Å². The Hall–Kier alpha value is -2.57. The molecule has 1 aromatic carbocycles. The Labute approximate surface area is 229 Å². The standard InChI is InChI=1S/C26H34ClF3N4O5/c1-15-14-32(10-9-25(15)7-8-25)21(35)6-5-20(23(37)38)34-12-11-33(16(2)22(34)36)24(39)31-17-3-4-18(19(27)13-17)26(28,29)30/h3-4,13,15-16,20,23,37-38H,5-12,14H2,1-2H3,(H,31,39)/t15-,16+,20+/m1/s1. The third kappa shape index (κ3) is 6.28. The van der Waals surface area contributed by atoms with Crippen LogP contribution in [0.3, 0.4) is 0 Å². The Kier molecular flexibility index (Phi) is 8.39. The number of benzene rings is 1. The van der Waals surface area contributed by atoms with Crippen molar-refractivity contribution in [2.45, 2.75) is 70.5 Å². The first kappa shape index (κ1) is 29.4. The van der Waals surface area contributed by atoms with E-state index >= 15 is 0 Å². The topological polar surface area (TPSA) is 113 Å². The first-order valence-corrected chi connectivity index (χ1v) is 13.5. The number of nitrogens with zero attached hydrogens (tertiary/aromatic N) is 3. The van der Waals surface area contributed by atoms with Crippen LogP contribution in [0.4, 0.5) is 23.7 Å². The van der Waals surface area contributed by atoms with E-state index < -0.39 is 47.1 Å². The number of alkyl halides is 3. The Morgan fingerprint density at radius 3 is 2.41 bits per heavy atom. The van der Waals surface area contributed by atoms with E-state index in [-0.39, 0.29) is 37.5 Å². The van der Waals surface area contributed by atoms with Crippen molar-refractivity contribution in [1.29, 1.82) is 0 Å². The normalized spacial score (nSPS) is 23.8. The molecular weight excluding hydrogens is 541 g/mol. The molecule has 3 aliphatic rings. The monoisotopic (exact) mass is 574 g/mol. The number of aliphatic hydroxyl groups excluding tert-OH is 1. The fourth-order valence-electron chi connectivity index (χ4n) is 5.76. The molecule has 4 rings (SSSR count). The lowest BCUT2D eigenvalue weighted by Gasteiger charge is -2.43. The SMILES string of the molecule is C[C@@H]1CN(C(=O)CC[C@@H](C(O)O)N2CCN(C(=O)Nc3ccc(C(F)(F)F)c(Cl)c3)[C@@H](C)C2=O)CCC12CC2. The number of amides is 4. The predicted octanol–water partition coefficient (Wildman–Crippen LogP) is 3.53. The number of hydrogen-bond donors (Lipinski definition) is 3. The molecule has 3 N–H and O–H groups in total. The Balaban J connectivity index is 1.34. The Morgan fingerprint density at radius 2 is 1.85 bits per heavy atom. The third-order valence-corrected chi connectivity index (χ3v) is 8.85. The Morgan fingerprint density at radius 1 is 1.15 bits per heavy atom. The van der Waals surface area contributed by atoms with E-state index in [1.54, 1.807) is 0 Å². The molecule has 0 bridgehead atoms. The van der Waals surface area contributed by atoms with E-state index in [2.05, 4.69) is 12.2 Å². The van der Waals surface area contributed by atoms with Gasteiger partial charge < -0.3 is 30.2 Å². The third-order valence-electron chi connectivity index (χ3n) is 8.54. The highest BCUT2D eigenvalue weighted by Crippen LogP contribution is 2.56. The van der Waals surface area contributed by atoms with Crippen LogP contribution in [0.5, 0.6) is 0 Å². The molecule has 1 aliphatic carbocycles. The number of likely N-dealkylation sites (tertiary alicyclic amines) is 1. The van der Waals surface area contributed by atoms with Gasteiger partial charge in [0.25, 0.3) is 0 Å². The number of urea groups is 1. The summed E-state index contributed by atoms with van der Waals surface area (Å²) >= 11 is 5.72. The number of carbonyl (C=O) groups excluding carboxylic acids is 3. The molecule has 0 aromatic heterocycles. The largest absolute Gasteiger partial charge is 0.417 e. The first-order valence-electron chi connectivity index (χ1n) is 13.1. The van der Waals surface area contributed by atoms with E-state index in [4.69, 9.17) is 11.6 Å². The van der Waals surface area contributed by atoms with Crippen molar-refractivity contribution in [2.24, 2.45) is 11.3 Å². The molecule has 1 saturated carbocycles. The van der Waals surface area contributed by atoms with Crippen LogP contribution in [-0.2, 0) is 15.8 Å². The molecule has 216 valence electrons. The molecule has 0 radical (unpaired) electrons. The zero-order chi connectivity index (χ0) is 28.7. The number of carbonyl (C=O) groups is 3. The van der Waals surface area contributed by atoms with Crippen LogP contribution < -0.4 is 5.32 Å². The quantitative estimate of drug-likeness (QED) is 0.450. The zero-order valence-corrected chi connectivity index (χ0v) is 22.6. The van der Waals surface area contributed by atoms with E-state index in [1.807, 2.05) is 4.90 Å². The average Bonchev–Trinajstić information content (AvgIpc) is 3.63. The minimum atomic E-state index is -4.64. The van der Waals surface area contributed by atoms with Crippen molar-refractivity contribution in [2.75, 3.05) is 31.5 Å². The van der Waals surface area contributed by atoms with E-state index in [9.17, 15) is 37.8 Å². The van der Waals surface area contributed by atoms with E-state index in [1.165, 1.54) is 29.6 Å². The fourth-order valence-corrected chi connectivity index (χ4v) is 6.05. The minimum absolute atomic E-state index is 0.00981. The zero-order valence-electron chi connectivity index (χ0n) is 21.9. The number of piperidine rings is 1. The van der Waals surface area contributed by atoms with Crippen molar-refractivity contribution in [3.05, 3.63) is 28.8 Å². The predicted molar refractivity (Wildman–Crippen MR) is 137 cm³/mol. The smallest absolute Gasteiger partial charge is 0.366 e. The molecule has 2 aliphatic heterocycles. The summed E-state index contributed by atoms with van der Waals surface area (Å²) in [5, 5.41) is 22.0. The summed E-state index contributed by atoms with van der Waals surface area (Å²) in [5.74, 6) is -0.193. The van der Waals surface area contributed by atoms with Gasteiger partial charge in [-0.25, -0.2) is 4.79 Å². The van der Waals surface area contributed by atoms with Gasteiger partial charge in [0.2, 0.25) is 11.8 Å². The van der Waals surface area contributed by atoms with Crippen molar-refractivity contribution < 1.29 is 37.8 Å². The van der Waals surface area contributed by atoms with Gasteiger partial charge in [-0.2, -0.15) is 13.2 Å². The highest BCUT2D eigenvalue weighted by Gasteiger charge is 2.50. The number of rotatable bonds is 6. The fraction of sp³-hybridized carbons (Fsp3) is 0.654. The summed E-state index contributed by atoms with van der Waals surface area (Å²) in [6, 6.07) is 0.0765.